The van der Waals surface area contributed by atoms with Crippen LogP contribution in [0, 0.1) is 54.3 Å². The van der Waals surface area contributed by atoms with Gasteiger partial charge in [-0.25, -0.2) is 24.2 Å². The first-order valence-corrected chi connectivity index (χ1v) is 42.4. The van der Waals surface area contributed by atoms with Gasteiger partial charge >= 0.3 is 48.3 Å². The van der Waals surface area contributed by atoms with Crippen LogP contribution in [0.1, 0.15) is 158 Å². The van der Waals surface area contributed by atoms with Crippen molar-refractivity contribution >= 4 is 135 Å². The van der Waals surface area contributed by atoms with Gasteiger partial charge in [-0.15, -0.1) is 0 Å². The molecule has 734 valence electrons. The van der Waals surface area contributed by atoms with Gasteiger partial charge in [-0.05, 0) is 83.8 Å². The summed E-state index contributed by atoms with van der Waals surface area (Å²) in [6.07, 6.45) is -10.2. The Morgan fingerprint density at radius 2 is 1.00 bits per heavy atom. The van der Waals surface area contributed by atoms with Crippen LogP contribution in [0.3, 0.4) is 0 Å². The van der Waals surface area contributed by atoms with E-state index in [0.29, 0.717) is 33.3 Å². The standard InChI is InChI=1S/C20H27NO10.C17H25N3O5.C12H16N2O3.C12H15NO3.C11H16N2O3S.C11H15NO2.C8H16N2O3/c1-4-13(22)29-8-10-5-6-11(7-12(10)21-17(25)9(2)3)30-20-14(18(26)27)15(23)16(24)19(28)31-20;1-12(2)15(21)18-14-7-5-13(6-8-14)11-25-17(24)20(4)10-9-19(3)16(22)23;1-8(2)11(15)14-10-5-3-9(4-6-10)7-17-12(13)16;1-8(2)12(16)13-10-6-4-3-5-9(10)7-11(14)15;1-6(2)10(15)13-11-12-7(3)9(17-11)5-16-8(4)14;1-8(2)11(14)12-10-5-3-9(7-13)4-6-10;1-6(2)7(11)9(3)5-10(4)8(12)13/h5-7,9,14-16,19-20,23-24,28H,4,8H2,1-3H3,(H,21,25)(H,26,27);5-8,12H,9-11H2,1-4H3,(H,18,21)(H,22,23);3-6,8H,7H2,1-2H3,(H2,13,16)(H,14,15);3-6,8H,7H2,1-2H3,(H,13,16)(H,14,15);6H,5H2,1-4H3,(H,12,13,15);3-6,8,13H,7H2,1-2H3,(H,12,14);6H,5H2,1-4H3,(H,12,13)/i1D;;;;4D;13D;/hD4. The number of nitrogens with two attached hydrogens (primary N) is 1. The van der Waals surface area contributed by atoms with Crippen LogP contribution in [-0.2, 0) is 116 Å². The zero-order chi connectivity index (χ0) is 106. The SMILES string of the molecule is [2H]CC(=O)OCc1sc(NC(=O)C(C)C)nc1C.[2H]CCC(=O)OCc1ccc(OC2OC(O)C(O)C(O)C2C(=O)O)cc1NC(=O)C(C)C.[2H]NC(=O)OCc1ccc(NC(=O)C(C)C)cc1.[2H]OC(=O)Cc1ccccc1NC(=O)C(C)C.[2H]OC(=O)N(C)CCN(C)C(=O)OCc1ccc(NC(=O)C(C)C)cc1.[2H]OC(=O)N(C)CN(C)C(=O)C(C)C.[2H]OCc1ccc(NC(=O)C(C)C)cc1. The number of hydrogen-bond acceptors (Lipinski definition) is 30. The lowest BCUT2D eigenvalue weighted by atomic mass is 9.94. The van der Waals surface area contributed by atoms with E-state index in [1.165, 1.54) is 58.3 Å². The lowest BCUT2D eigenvalue weighted by Crippen LogP contribution is -2.58. The number of rotatable bonds is 34. The number of carbonyl (C=O) groups is 15. The number of primary amides is 1. The highest BCUT2D eigenvalue weighted by atomic mass is 32.1. The number of amides is 11. The fourth-order valence-electron chi connectivity index (χ4n) is 9.65. The molecule has 7 rings (SSSR count). The highest BCUT2D eigenvalue weighted by Gasteiger charge is 2.49. The number of aromatic nitrogens is 1. The third kappa shape index (κ3) is 46.8. The Labute approximate surface area is 787 Å². The highest BCUT2D eigenvalue weighted by molar-refractivity contribution is 7.15. The summed E-state index contributed by atoms with van der Waals surface area (Å²) in [6, 6.07) is 32.4. The molecular weight excluding hydrogens is 1760 g/mol. The molecule has 1 saturated heterocycles. The summed E-state index contributed by atoms with van der Waals surface area (Å²) in [5.41, 5.74) is 8.81. The van der Waals surface area contributed by atoms with E-state index in [1.807, 2.05) is 53.7 Å². The second kappa shape index (κ2) is 60.5. The van der Waals surface area contributed by atoms with E-state index in [4.69, 9.17) is 38.3 Å². The minimum atomic E-state index is -1.87. The molecule has 11 amide bonds. The maximum Gasteiger partial charge on any atom is 0.409 e. The Bertz CT molecular complexity index is 4930. The molecule has 0 radical (unpaired) electrons. The number of esters is 2. The van der Waals surface area contributed by atoms with Crippen molar-refractivity contribution in [2.24, 2.45) is 53.1 Å². The number of aryl methyl sites for hydroxylation is 1. The van der Waals surface area contributed by atoms with E-state index in [9.17, 15) is 92.3 Å². The van der Waals surface area contributed by atoms with Crippen LogP contribution >= 0.6 is 11.3 Å². The average molecular weight is 1900 g/mol. The van der Waals surface area contributed by atoms with Gasteiger partial charge in [0.15, 0.2) is 12.8 Å². The zero-order valence-corrected chi connectivity index (χ0v) is 78.8. The van der Waals surface area contributed by atoms with Gasteiger partial charge in [0.1, 0.15) is 50.3 Å². The number of hydrogen-bond donors (Lipinski definition) is 15. The van der Waals surface area contributed by atoms with E-state index in [0.717, 1.165) is 37.8 Å². The van der Waals surface area contributed by atoms with Gasteiger partial charge in [0.05, 0.1) is 36.0 Å². The summed E-state index contributed by atoms with van der Waals surface area (Å²) in [5.74, 6) is -6.66. The monoisotopic (exact) mass is 1890 g/mol. The molecule has 0 spiro atoms. The van der Waals surface area contributed by atoms with Crippen LogP contribution in [0.2, 0.25) is 1.41 Å². The van der Waals surface area contributed by atoms with Crippen molar-refractivity contribution in [1.82, 2.24) is 24.6 Å². The molecule has 1 fully saturated rings. The van der Waals surface area contributed by atoms with Crippen molar-refractivity contribution in [2.75, 3.05) is 79.8 Å². The number of aliphatic hydroxyl groups is 4. The molecule has 1 aromatic heterocycles. The van der Waals surface area contributed by atoms with Crippen molar-refractivity contribution in [2.45, 2.75) is 188 Å². The van der Waals surface area contributed by atoms with E-state index in [2.05, 4.69) is 57.3 Å². The molecule has 133 heavy (non-hydrogen) atoms. The smallest absolute Gasteiger partial charge is 0.409 e. The number of likely N-dealkylation sites (N-methyl/N-ethyl adjacent to an activating group) is 2. The van der Waals surface area contributed by atoms with Gasteiger partial charge in [0, 0.05) is 133 Å². The van der Waals surface area contributed by atoms with Gasteiger partial charge in [0.25, 0.3) is 4.29 Å². The molecule has 41 nitrogen and oxygen atoms in total. The van der Waals surface area contributed by atoms with Crippen LogP contribution in [0.4, 0.5) is 52.7 Å². The molecule has 5 aromatic carbocycles. The molecular formula is C91H130N12O29S. The molecule has 16 N–H and O–H groups in total. The fraction of sp³-hybridized carbons (Fsp3) is 0.473. The number of carboxylic acids is 2. The number of nitrogens with one attached hydrogen (secondary N) is 6. The second-order valence-electron chi connectivity index (χ2n) is 31.6. The topological polar surface area (TPSA) is 597 Å². The summed E-state index contributed by atoms with van der Waals surface area (Å²) in [7, 11) is 6.07. The van der Waals surface area contributed by atoms with Crippen molar-refractivity contribution < 1.29 is 145 Å². The van der Waals surface area contributed by atoms with Crippen molar-refractivity contribution in [3.05, 3.63) is 154 Å². The van der Waals surface area contributed by atoms with Gasteiger partial charge < -0.3 is 122 Å². The number of carboxylic acid groups (broad SMARTS) is 4. The predicted molar refractivity (Wildman–Crippen MR) is 493 cm³/mol. The molecule has 42 heteroatoms. The second-order valence-corrected chi connectivity index (χ2v) is 32.7. The zero-order valence-electron chi connectivity index (χ0n) is 85.0. The maximum atomic E-state index is 12.2. The predicted octanol–water partition coefficient (Wildman–Crippen LogP) is 11.0. The summed E-state index contributed by atoms with van der Waals surface area (Å²) in [5, 5.41) is 71.4. The maximum absolute atomic E-state index is 12.2. The number of aliphatic carboxylic acids is 2. The van der Waals surface area contributed by atoms with Gasteiger partial charge in [0.2, 0.25) is 49.1 Å². The van der Waals surface area contributed by atoms with Gasteiger partial charge in [-0.2, -0.15) is 0 Å². The van der Waals surface area contributed by atoms with Crippen LogP contribution < -0.4 is 42.4 Å². The quantitative estimate of drug-likeness (QED) is 0.0101. The molecule has 5 unspecified atom stereocenters. The lowest BCUT2D eigenvalue weighted by Gasteiger charge is -2.38. The third-order valence-electron chi connectivity index (χ3n) is 17.9. The molecule has 1 aliphatic heterocycles. The molecule has 1 aliphatic rings. The number of para-hydroxylation sites is 1. The van der Waals surface area contributed by atoms with E-state index in [1.54, 1.807) is 167 Å². The lowest BCUT2D eigenvalue weighted by molar-refractivity contribution is -0.306. The minimum absolute atomic E-state index is 0.000471. The summed E-state index contributed by atoms with van der Waals surface area (Å²) in [4.78, 5) is 181. The van der Waals surface area contributed by atoms with Crippen molar-refractivity contribution in [1.29, 1.82) is 5.72 Å². The van der Waals surface area contributed by atoms with E-state index >= 15 is 0 Å². The Hall–Kier alpha value is -13.4. The van der Waals surface area contributed by atoms with Crippen molar-refractivity contribution in [3.8, 4) is 5.75 Å². The first-order valence-electron chi connectivity index (χ1n) is 45.1. The third-order valence-corrected chi connectivity index (χ3v) is 18.9. The molecule has 0 aliphatic carbocycles. The largest absolute Gasteiger partial charge is 0.481 e. The van der Waals surface area contributed by atoms with Crippen LogP contribution in [0.15, 0.2) is 115 Å². The Morgan fingerprint density at radius 3 is 1.47 bits per heavy atom. The number of nitrogens with zero attached hydrogens (tertiary/aromatic N) is 5. The highest BCUT2D eigenvalue weighted by Crippen LogP contribution is 2.32. The van der Waals surface area contributed by atoms with Crippen LogP contribution in [0.25, 0.3) is 4.29 Å². The molecule has 2 heterocycles. The molecule has 6 aromatic rings. The Morgan fingerprint density at radius 1 is 0.519 bits per heavy atom. The Kier molecular flexibility index (Phi) is 47.8. The normalized spacial score (nSPS) is 14.4. The first-order chi connectivity index (χ1) is 65.8. The van der Waals surface area contributed by atoms with Gasteiger partial charge in [-0.1, -0.05) is 170 Å². The van der Waals surface area contributed by atoms with E-state index < -0.39 is 85.9 Å². The number of ether oxygens (including phenoxy) is 6. The summed E-state index contributed by atoms with van der Waals surface area (Å²) >= 11 is 1.28. The average Bonchev–Trinajstić information content (AvgIpc) is 0.901. The number of anilines is 6. The number of thiazole rings is 1. The molecule has 0 saturated carbocycles. The fourth-order valence-corrected chi connectivity index (χ4v) is 10.5. The molecule has 0 bridgehead atoms. The summed E-state index contributed by atoms with van der Waals surface area (Å²) < 4.78 is 76.8. The first kappa shape index (κ1) is 105. The number of aliphatic hydroxyl groups excluding tert-OH is 4. The Balaban J connectivity index is 0.000000833. The van der Waals surface area contributed by atoms with Crippen LogP contribution in [-0.4, -0.2) is 229 Å². The molecule has 5 atom stereocenters. The van der Waals surface area contributed by atoms with Gasteiger partial charge in [-0.3, -0.25) is 57.6 Å². The number of benzene rings is 5. The number of carbonyl (C=O) groups excluding carboxylic acids is 11. The van der Waals surface area contributed by atoms with Crippen molar-refractivity contribution in [3.63, 3.8) is 0 Å². The van der Waals surface area contributed by atoms with E-state index in [-0.39, 0.29) is 167 Å². The van der Waals surface area contributed by atoms with Crippen LogP contribution in [0.5, 0.6) is 5.75 Å². The minimum Gasteiger partial charge on any atom is -0.481 e. The summed E-state index contributed by atoms with van der Waals surface area (Å²) in [6.45, 7) is 27.2.